The van der Waals surface area contributed by atoms with Gasteiger partial charge in [0.25, 0.3) is 0 Å². The maximum Gasteiger partial charge on any atom is 0.00622 e. The van der Waals surface area contributed by atoms with Crippen LogP contribution in [0.5, 0.6) is 0 Å². The fourth-order valence-electron chi connectivity index (χ4n) is 2.04. The van der Waals surface area contributed by atoms with Gasteiger partial charge in [0, 0.05) is 5.33 Å². The molecule has 1 atom stereocenters. The molecule has 1 fully saturated rings. The lowest BCUT2D eigenvalue weighted by Gasteiger charge is -2.38. The van der Waals surface area contributed by atoms with Crippen molar-refractivity contribution < 1.29 is 0 Å². The number of halogens is 1. The normalized spacial score (nSPS) is 26.5. The Morgan fingerprint density at radius 1 is 1.27 bits per heavy atom. The quantitative estimate of drug-likeness (QED) is 0.616. The van der Waals surface area contributed by atoms with E-state index in [-0.39, 0.29) is 0 Å². The molecule has 1 aliphatic rings. The molecule has 0 radical (unpaired) electrons. The lowest BCUT2D eigenvalue weighted by molar-refractivity contribution is 0.147. The van der Waals surface area contributed by atoms with Crippen LogP contribution in [0.4, 0.5) is 0 Å². The van der Waals surface area contributed by atoms with Gasteiger partial charge >= 0.3 is 0 Å². The van der Waals surface area contributed by atoms with E-state index in [0.29, 0.717) is 5.41 Å². The molecule has 0 aromatic heterocycles. The fourth-order valence-corrected chi connectivity index (χ4v) is 2.82. The van der Waals surface area contributed by atoms with Crippen molar-refractivity contribution in [1.29, 1.82) is 0 Å². The minimum absolute atomic E-state index is 0.641. The van der Waals surface area contributed by atoms with E-state index in [1.807, 2.05) is 0 Å². The van der Waals surface area contributed by atoms with Crippen molar-refractivity contribution in [3.05, 3.63) is 0 Å². The largest absolute Gasteiger partial charge is 0.0925 e. The lowest BCUT2D eigenvalue weighted by atomic mass is 9.69. The van der Waals surface area contributed by atoms with Gasteiger partial charge in [0.1, 0.15) is 0 Å². The third kappa shape index (κ3) is 2.21. The summed E-state index contributed by atoms with van der Waals surface area (Å²) in [6.07, 6.45) is 7.26. The van der Waals surface area contributed by atoms with Gasteiger partial charge in [-0.05, 0) is 24.2 Å². The molecule has 0 saturated heterocycles. The van der Waals surface area contributed by atoms with Crippen LogP contribution in [0.1, 0.15) is 46.0 Å². The molecule has 0 aromatic rings. The molecule has 11 heavy (non-hydrogen) atoms. The molecule has 0 bridgehead atoms. The van der Waals surface area contributed by atoms with Crippen LogP contribution < -0.4 is 0 Å². The predicted octanol–water partition coefficient (Wildman–Crippen LogP) is 3.99. The molecule has 0 aromatic carbocycles. The van der Waals surface area contributed by atoms with Crippen molar-refractivity contribution in [2.75, 3.05) is 5.33 Å². The highest BCUT2D eigenvalue weighted by molar-refractivity contribution is 9.09. The van der Waals surface area contributed by atoms with Crippen LogP contribution in [0, 0.1) is 11.3 Å². The molecule has 1 saturated carbocycles. The van der Waals surface area contributed by atoms with E-state index in [0.717, 1.165) is 5.92 Å². The first-order valence-corrected chi connectivity index (χ1v) is 5.87. The van der Waals surface area contributed by atoms with E-state index in [2.05, 4.69) is 29.8 Å². The molecule has 0 aliphatic heterocycles. The topological polar surface area (TPSA) is 0 Å². The minimum Gasteiger partial charge on any atom is -0.0925 e. The summed E-state index contributed by atoms with van der Waals surface area (Å²) in [5, 5.41) is 1.17. The van der Waals surface area contributed by atoms with Gasteiger partial charge in [0.05, 0.1) is 0 Å². The third-order valence-corrected chi connectivity index (χ3v) is 4.39. The van der Waals surface area contributed by atoms with Crippen molar-refractivity contribution in [3.8, 4) is 0 Å². The summed E-state index contributed by atoms with van der Waals surface area (Å²) >= 11 is 3.59. The summed E-state index contributed by atoms with van der Waals surface area (Å²) in [7, 11) is 0. The molecular formula is C10H19Br. The van der Waals surface area contributed by atoms with E-state index in [4.69, 9.17) is 0 Å². The number of hydrogen-bond acceptors (Lipinski definition) is 0. The summed E-state index contributed by atoms with van der Waals surface area (Å²) in [4.78, 5) is 0. The number of rotatable bonds is 2. The van der Waals surface area contributed by atoms with Gasteiger partial charge in [-0.3, -0.25) is 0 Å². The Bertz CT molecular complexity index is 114. The maximum atomic E-state index is 3.59. The zero-order valence-corrected chi connectivity index (χ0v) is 9.28. The predicted molar refractivity (Wildman–Crippen MR) is 54.2 cm³/mol. The summed E-state index contributed by atoms with van der Waals surface area (Å²) in [5.74, 6) is 0.850. The van der Waals surface area contributed by atoms with Crippen LogP contribution in [0.3, 0.4) is 0 Å². The second-order valence-corrected chi connectivity index (χ2v) is 4.92. The second-order valence-electron chi connectivity index (χ2n) is 4.27. The van der Waals surface area contributed by atoms with Crippen molar-refractivity contribution in [2.24, 2.45) is 11.3 Å². The van der Waals surface area contributed by atoms with Crippen molar-refractivity contribution in [1.82, 2.24) is 0 Å². The Labute approximate surface area is 78.9 Å². The second kappa shape index (κ2) is 3.93. The smallest absolute Gasteiger partial charge is 0.00622 e. The van der Waals surface area contributed by atoms with Crippen LogP contribution in [0.2, 0.25) is 0 Å². The summed E-state index contributed by atoms with van der Waals surface area (Å²) in [6.45, 7) is 4.83. The third-order valence-electron chi connectivity index (χ3n) is 3.42. The molecule has 0 nitrogen and oxygen atoms in total. The van der Waals surface area contributed by atoms with Gasteiger partial charge in [0.15, 0.2) is 0 Å². The van der Waals surface area contributed by atoms with Crippen molar-refractivity contribution in [2.45, 2.75) is 46.0 Å². The van der Waals surface area contributed by atoms with Crippen LogP contribution in [0.25, 0.3) is 0 Å². The molecule has 0 amide bonds. The van der Waals surface area contributed by atoms with Crippen LogP contribution >= 0.6 is 15.9 Å². The summed E-state index contributed by atoms with van der Waals surface area (Å²) < 4.78 is 0. The first-order valence-electron chi connectivity index (χ1n) is 4.75. The van der Waals surface area contributed by atoms with Gasteiger partial charge in [-0.15, -0.1) is 0 Å². The number of alkyl halides is 1. The highest BCUT2D eigenvalue weighted by atomic mass is 79.9. The first kappa shape index (κ1) is 9.57. The van der Waals surface area contributed by atoms with Gasteiger partial charge in [0.2, 0.25) is 0 Å². The zero-order chi connectivity index (χ0) is 8.32. The monoisotopic (exact) mass is 218 g/mol. The van der Waals surface area contributed by atoms with E-state index < -0.39 is 0 Å². The van der Waals surface area contributed by atoms with Crippen molar-refractivity contribution >= 4 is 15.9 Å². The van der Waals surface area contributed by atoms with Crippen LogP contribution in [0.15, 0.2) is 0 Å². The van der Waals surface area contributed by atoms with Crippen LogP contribution in [-0.4, -0.2) is 5.33 Å². The summed E-state index contributed by atoms with van der Waals surface area (Å²) in [5.41, 5.74) is 0.641. The molecule has 66 valence electrons. The minimum atomic E-state index is 0.641. The molecule has 1 heteroatoms. The average Bonchev–Trinajstić information content (AvgIpc) is 2.04. The molecule has 0 spiro atoms. The first-order chi connectivity index (χ1) is 5.19. The average molecular weight is 219 g/mol. The molecule has 0 heterocycles. The van der Waals surface area contributed by atoms with Crippen molar-refractivity contribution in [3.63, 3.8) is 0 Å². The molecule has 1 unspecified atom stereocenters. The number of hydrogen-bond donors (Lipinski definition) is 0. The fraction of sp³-hybridized carbons (Fsp3) is 1.00. The molecule has 1 rings (SSSR count). The van der Waals surface area contributed by atoms with Gasteiger partial charge in [-0.1, -0.05) is 49.0 Å². The lowest BCUT2D eigenvalue weighted by Crippen LogP contribution is -2.28. The Balaban J connectivity index is 2.49. The molecule has 0 N–H and O–H groups in total. The Morgan fingerprint density at radius 2 is 1.82 bits per heavy atom. The van der Waals surface area contributed by atoms with E-state index in [1.165, 1.54) is 37.4 Å². The van der Waals surface area contributed by atoms with E-state index in [1.54, 1.807) is 0 Å². The Kier molecular flexibility index (Phi) is 3.42. The molecular weight excluding hydrogens is 200 g/mol. The van der Waals surface area contributed by atoms with Crippen LogP contribution in [-0.2, 0) is 0 Å². The van der Waals surface area contributed by atoms with Gasteiger partial charge in [-0.2, -0.15) is 0 Å². The SMILES string of the molecule is CC(CBr)C1(C)CCCCC1. The Hall–Kier alpha value is 0.480. The van der Waals surface area contributed by atoms with E-state index >= 15 is 0 Å². The van der Waals surface area contributed by atoms with Gasteiger partial charge < -0.3 is 0 Å². The summed E-state index contributed by atoms with van der Waals surface area (Å²) in [6, 6.07) is 0. The van der Waals surface area contributed by atoms with E-state index in [9.17, 15) is 0 Å². The standard InChI is InChI=1S/C10H19Br/c1-9(8-11)10(2)6-4-3-5-7-10/h9H,3-8H2,1-2H3. The Morgan fingerprint density at radius 3 is 2.27 bits per heavy atom. The highest BCUT2D eigenvalue weighted by Gasteiger charge is 2.31. The maximum absolute atomic E-state index is 3.59. The zero-order valence-electron chi connectivity index (χ0n) is 7.70. The molecule has 1 aliphatic carbocycles. The highest BCUT2D eigenvalue weighted by Crippen LogP contribution is 2.42. The van der Waals surface area contributed by atoms with Gasteiger partial charge in [-0.25, -0.2) is 0 Å².